The summed E-state index contributed by atoms with van der Waals surface area (Å²) >= 11 is 1.76. The van der Waals surface area contributed by atoms with Crippen molar-refractivity contribution in [3.8, 4) is 0 Å². The summed E-state index contributed by atoms with van der Waals surface area (Å²) in [5.41, 5.74) is 1.45. The highest BCUT2D eigenvalue weighted by atomic mass is 32.1. The first-order valence-corrected chi connectivity index (χ1v) is 9.23. The smallest absolute Gasteiger partial charge is 0.264 e. The number of amides is 1. The predicted molar refractivity (Wildman–Crippen MR) is 85.9 cm³/mol. The van der Waals surface area contributed by atoms with Crippen molar-refractivity contribution in [1.82, 2.24) is 10.2 Å². The van der Waals surface area contributed by atoms with Crippen molar-refractivity contribution < 1.29 is 4.79 Å². The summed E-state index contributed by atoms with van der Waals surface area (Å²) in [6.07, 6.45) is 6.01. The molecule has 3 atom stereocenters. The molecular formula is C17H24N2OS. The van der Waals surface area contributed by atoms with Crippen molar-refractivity contribution in [3.05, 3.63) is 21.4 Å². The molecule has 1 aliphatic carbocycles. The molecule has 2 saturated heterocycles. The average molecular weight is 304 g/mol. The number of fused-ring (bicyclic) bond motifs is 2. The Bertz CT molecular complexity index is 529. The fourth-order valence-corrected chi connectivity index (χ4v) is 5.73. The van der Waals surface area contributed by atoms with Crippen LogP contribution < -0.4 is 5.32 Å². The lowest BCUT2D eigenvalue weighted by Gasteiger charge is -2.26. The third-order valence-electron chi connectivity index (χ3n) is 5.60. The second-order valence-electron chi connectivity index (χ2n) is 6.78. The van der Waals surface area contributed by atoms with Gasteiger partial charge in [-0.1, -0.05) is 6.92 Å². The van der Waals surface area contributed by atoms with Gasteiger partial charge < -0.3 is 10.2 Å². The van der Waals surface area contributed by atoms with Crippen molar-refractivity contribution in [2.75, 3.05) is 19.6 Å². The lowest BCUT2D eigenvalue weighted by atomic mass is 9.93. The Morgan fingerprint density at radius 1 is 1.38 bits per heavy atom. The number of hydrogen-bond donors (Lipinski definition) is 1. The second-order valence-corrected chi connectivity index (χ2v) is 7.92. The monoisotopic (exact) mass is 304 g/mol. The number of nitrogens with zero attached hydrogens (tertiary/aromatic N) is 1. The van der Waals surface area contributed by atoms with Crippen LogP contribution in [0.3, 0.4) is 0 Å². The summed E-state index contributed by atoms with van der Waals surface area (Å²) in [5, 5.41) is 3.49. The maximum Gasteiger partial charge on any atom is 0.264 e. The molecular weight excluding hydrogens is 280 g/mol. The minimum Gasteiger partial charge on any atom is -0.334 e. The Morgan fingerprint density at radius 3 is 3.05 bits per heavy atom. The van der Waals surface area contributed by atoms with Gasteiger partial charge in [0.25, 0.3) is 5.91 Å². The van der Waals surface area contributed by atoms with Crippen molar-refractivity contribution in [1.29, 1.82) is 0 Å². The summed E-state index contributed by atoms with van der Waals surface area (Å²) in [6.45, 7) is 5.36. The zero-order valence-electron chi connectivity index (χ0n) is 12.7. The van der Waals surface area contributed by atoms with E-state index < -0.39 is 0 Å². The van der Waals surface area contributed by atoms with Crippen LogP contribution in [-0.2, 0) is 12.8 Å². The van der Waals surface area contributed by atoms with Crippen LogP contribution in [0.5, 0.6) is 0 Å². The summed E-state index contributed by atoms with van der Waals surface area (Å²) in [6, 6.07) is 2.64. The topological polar surface area (TPSA) is 32.3 Å². The molecule has 3 heterocycles. The summed E-state index contributed by atoms with van der Waals surface area (Å²) in [5.74, 6) is 1.65. The van der Waals surface area contributed by atoms with Gasteiger partial charge in [-0.15, -0.1) is 11.3 Å². The average Bonchev–Trinajstić information content (AvgIpc) is 3.19. The second kappa shape index (κ2) is 5.40. The van der Waals surface area contributed by atoms with E-state index in [0.717, 1.165) is 30.9 Å². The van der Waals surface area contributed by atoms with Gasteiger partial charge in [-0.3, -0.25) is 4.79 Å². The first-order chi connectivity index (χ1) is 10.3. The number of thiophene rings is 1. The van der Waals surface area contributed by atoms with Gasteiger partial charge in [-0.2, -0.15) is 0 Å². The number of carbonyl (C=O) groups excluding carboxylic acids is 1. The van der Waals surface area contributed by atoms with Crippen LogP contribution in [0.2, 0.25) is 0 Å². The van der Waals surface area contributed by atoms with Crippen molar-refractivity contribution in [2.45, 2.75) is 45.1 Å². The third kappa shape index (κ3) is 2.23. The lowest BCUT2D eigenvalue weighted by Crippen LogP contribution is -2.39. The number of hydrogen-bond acceptors (Lipinski definition) is 3. The highest BCUT2D eigenvalue weighted by molar-refractivity contribution is 7.14. The largest absolute Gasteiger partial charge is 0.334 e. The number of aryl methyl sites for hydroxylation is 2. The maximum absolute atomic E-state index is 13.0. The summed E-state index contributed by atoms with van der Waals surface area (Å²) in [4.78, 5) is 17.6. The van der Waals surface area contributed by atoms with E-state index in [4.69, 9.17) is 0 Å². The van der Waals surface area contributed by atoms with Gasteiger partial charge in [-0.05, 0) is 55.6 Å². The molecule has 3 nitrogen and oxygen atoms in total. The van der Waals surface area contributed by atoms with Crippen LogP contribution in [0, 0.1) is 11.8 Å². The third-order valence-corrected chi connectivity index (χ3v) is 6.83. The zero-order chi connectivity index (χ0) is 14.4. The van der Waals surface area contributed by atoms with E-state index in [0.29, 0.717) is 23.8 Å². The van der Waals surface area contributed by atoms with Crippen LogP contribution in [-0.4, -0.2) is 36.5 Å². The van der Waals surface area contributed by atoms with E-state index in [2.05, 4.69) is 23.2 Å². The number of likely N-dealkylation sites (tertiary alicyclic amines) is 1. The van der Waals surface area contributed by atoms with Gasteiger partial charge in [0.15, 0.2) is 0 Å². The SMILES string of the molecule is CCC1C2CNCC2CN1C(=O)c1cc2c(s1)CCCC2. The molecule has 0 aromatic carbocycles. The van der Waals surface area contributed by atoms with Crippen molar-refractivity contribution in [3.63, 3.8) is 0 Å². The fourth-order valence-electron chi connectivity index (χ4n) is 4.52. The normalized spacial score (nSPS) is 31.3. The Kier molecular flexibility index (Phi) is 3.54. The van der Waals surface area contributed by atoms with Gasteiger partial charge in [-0.25, -0.2) is 0 Å². The first kappa shape index (κ1) is 13.8. The molecule has 114 valence electrons. The number of carbonyl (C=O) groups is 1. The summed E-state index contributed by atoms with van der Waals surface area (Å²) < 4.78 is 0. The van der Waals surface area contributed by atoms with Gasteiger partial charge in [0.1, 0.15) is 0 Å². The first-order valence-electron chi connectivity index (χ1n) is 8.41. The molecule has 3 aliphatic rings. The fraction of sp³-hybridized carbons (Fsp3) is 0.706. The van der Waals surface area contributed by atoms with Gasteiger partial charge in [0.05, 0.1) is 4.88 Å². The molecule has 1 N–H and O–H groups in total. The molecule has 1 amide bonds. The Balaban J connectivity index is 1.58. The molecule has 4 rings (SSSR count). The Hall–Kier alpha value is -0.870. The van der Waals surface area contributed by atoms with E-state index in [-0.39, 0.29) is 0 Å². The van der Waals surface area contributed by atoms with Crippen molar-refractivity contribution in [2.24, 2.45) is 11.8 Å². The van der Waals surface area contributed by atoms with Gasteiger partial charge in [0, 0.05) is 30.6 Å². The summed E-state index contributed by atoms with van der Waals surface area (Å²) in [7, 11) is 0. The number of nitrogens with one attached hydrogen (secondary N) is 1. The van der Waals surface area contributed by atoms with Crippen LogP contribution >= 0.6 is 11.3 Å². The quantitative estimate of drug-likeness (QED) is 0.911. The van der Waals surface area contributed by atoms with Crippen LogP contribution in [0.1, 0.15) is 46.3 Å². The van der Waals surface area contributed by atoms with Crippen LogP contribution in [0.4, 0.5) is 0 Å². The predicted octanol–water partition coefficient (Wildman–Crippen LogP) is 2.70. The maximum atomic E-state index is 13.0. The van der Waals surface area contributed by atoms with E-state index in [1.54, 1.807) is 11.3 Å². The molecule has 1 aromatic rings. The van der Waals surface area contributed by atoms with Gasteiger partial charge >= 0.3 is 0 Å². The van der Waals surface area contributed by atoms with Crippen molar-refractivity contribution >= 4 is 17.2 Å². The Morgan fingerprint density at radius 2 is 2.24 bits per heavy atom. The molecule has 0 bridgehead atoms. The minimum atomic E-state index is 0.302. The van der Waals surface area contributed by atoms with Crippen LogP contribution in [0.25, 0.3) is 0 Å². The Labute approximate surface area is 130 Å². The molecule has 2 fully saturated rings. The molecule has 2 aliphatic heterocycles. The van der Waals surface area contributed by atoms with Gasteiger partial charge in [0.2, 0.25) is 0 Å². The van der Waals surface area contributed by atoms with Crippen LogP contribution in [0.15, 0.2) is 6.07 Å². The molecule has 21 heavy (non-hydrogen) atoms. The lowest BCUT2D eigenvalue weighted by molar-refractivity contribution is 0.0716. The standard InChI is InChI=1S/C17H24N2OS/c1-2-14-13-9-18-8-12(13)10-19(14)17(20)16-7-11-5-3-4-6-15(11)21-16/h7,12-14,18H,2-6,8-10H2,1H3. The molecule has 1 aromatic heterocycles. The molecule has 4 heteroatoms. The highest BCUT2D eigenvalue weighted by Gasteiger charge is 2.45. The highest BCUT2D eigenvalue weighted by Crippen LogP contribution is 2.37. The van der Waals surface area contributed by atoms with E-state index in [1.165, 1.54) is 36.1 Å². The minimum absolute atomic E-state index is 0.302. The number of rotatable bonds is 2. The van der Waals surface area contributed by atoms with E-state index in [1.807, 2.05) is 0 Å². The molecule has 0 saturated carbocycles. The molecule has 3 unspecified atom stereocenters. The zero-order valence-corrected chi connectivity index (χ0v) is 13.5. The van der Waals surface area contributed by atoms with E-state index >= 15 is 0 Å². The molecule has 0 radical (unpaired) electrons. The molecule has 0 spiro atoms. The van der Waals surface area contributed by atoms with E-state index in [9.17, 15) is 4.79 Å².